The van der Waals surface area contributed by atoms with E-state index in [1.54, 1.807) is 0 Å². The zero-order valence-electron chi connectivity index (χ0n) is 10.2. The highest BCUT2D eigenvalue weighted by atomic mass is 32.2. The number of carboxylic acid groups (broad SMARTS) is 1. The van der Waals surface area contributed by atoms with Gasteiger partial charge in [0.2, 0.25) is 0 Å². The first kappa shape index (κ1) is 14.1. The normalized spacial score (nSPS) is 11.2. The molecule has 0 saturated heterocycles. The van der Waals surface area contributed by atoms with E-state index < -0.39 is 27.4 Å². The predicted molar refractivity (Wildman–Crippen MR) is 68.5 cm³/mol. The molecule has 0 amide bonds. The Morgan fingerprint density at radius 3 is 2.65 bits per heavy atom. The molecule has 104 valence electrons. The fourth-order valence-corrected chi connectivity index (χ4v) is 3.02. The van der Waals surface area contributed by atoms with Gasteiger partial charge in [-0.25, -0.2) is 17.6 Å². The van der Waals surface area contributed by atoms with Gasteiger partial charge in [-0.3, -0.25) is 4.98 Å². The Kier molecular flexibility index (Phi) is 3.80. The van der Waals surface area contributed by atoms with Crippen LogP contribution in [0.2, 0.25) is 0 Å². The van der Waals surface area contributed by atoms with Gasteiger partial charge in [-0.05, 0) is 29.8 Å². The first-order chi connectivity index (χ1) is 9.38. The fraction of sp³-hybridized carbons (Fsp3) is 0.0769. The summed E-state index contributed by atoms with van der Waals surface area (Å²) < 4.78 is 37.3. The van der Waals surface area contributed by atoms with Gasteiger partial charge in [0, 0.05) is 6.20 Å². The SMILES string of the molecule is O=C(O)c1cccc(S(=O)(=O)Cc2cncc(F)c2)c1. The highest BCUT2D eigenvalue weighted by Crippen LogP contribution is 2.18. The zero-order valence-corrected chi connectivity index (χ0v) is 11.0. The standard InChI is InChI=1S/C13H10FNO4S/c14-11-4-9(6-15-7-11)8-20(18,19)12-3-1-2-10(5-12)13(16)17/h1-7H,8H2,(H,16,17). The van der Waals surface area contributed by atoms with Crippen LogP contribution in [0.15, 0.2) is 47.6 Å². The molecule has 0 aliphatic rings. The van der Waals surface area contributed by atoms with Crippen molar-refractivity contribution >= 4 is 15.8 Å². The average Bonchev–Trinajstić information content (AvgIpc) is 2.38. The maximum absolute atomic E-state index is 13.0. The number of halogens is 1. The summed E-state index contributed by atoms with van der Waals surface area (Å²) >= 11 is 0. The highest BCUT2D eigenvalue weighted by molar-refractivity contribution is 7.90. The van der Waals surface area contributed by atoms with Crippen LogP contribution < -0.4 is 0 Å². The topological polar surface area (TPSA) is 84.3 Å². The molecule has 0 fully saturated rings. The number of nitrogens with zero attached hydrogens (tertiary/aromatic N) is 1. The molecular weight excluding hydrogens is 285 g/mol. The molecule has 7 heteroatoms. The Balaban J connectivity index is 2.35. The zero-order chi connectivity index (χ0) is 14.8. The Morgan fingerprint density at radius 2 is 2.00 bits per heavy atom. The largest absolute Gasteiger partial charge is 0.478 e. The van der Waals surface area contributed by atoms with E-state index in [0.717, 1.165) is 18.3 Å². The number of carboxylic acids is 1. The van der Waals surface area contributed by atoms with Crippen molar-refractivity contribution in [3.63, 3.8) is 0 Å². The van der Waals surface area contributed by atoms with E-state index in [2.05, 4.69) is 4.98 Å². The van der Waals surface area contributed by atoms with Gasteiger partial charge in [0.05, 0.1) is 22.4 Å². The molecule has 0 spiro atoms. The number of rotatable bonds is 4. The summed E-state index contributed by atoms with van der Waals surface area (Å²) in [4.78, 5) is 14.3. The fourth-order valence-electron chi connectivity index (χ4n) is 1.66. The minimum absolute atomic E-state index is 0.122. The van der Waals surface area contributed by atoms with Crippen molar-refractivity contribution in [2.24, 2.45) is 0 Å². The lowest BCUT2D eigenvalue weighted by Crippen LogP contribution is -2.07. The third-order valence-electron chi connectivity index (χ3n) is 2.56. The molecule has 0 atom stereocenters. The van der Waals surface area contributed by atoms with E-state index in [9.17, 15) is 17.6 Å². The summed E-state index contributed by atoms with van der Waals surface area (Å²) in [5.41, 5.74) is 0.0779. The smallest absolute Gasteiger partial charge is 0.335 e. The number of sulfone groups is 1. The molecule has 20 heavy (non-hydrogen) atoms. The van der Waals surface area contributed by atoms with Crippen LogP contribution in [0.5, 0.6) is 0 Å². The van der Waals surface area contributed by atoms with E-state index in [1.807, 2.05) is 0 Å². The lowest BCUT2D eigenvalue weighted by Gasteiger charge is -2.05. The molecule has 0 unspecified atom stereocenters. The van der Waals surface area contributed by atoms with Gasteiger partial charge >= 0.3 is 5.97 Å². The van der Waals surface area contributed by atoms with E-state index in [4.69, 9.17) is 5.11 Å². The lowest BCUT2D eigenvalue weighted by molar-refractivity contribution is 0.0696. The Morgan fingerprint density at radius 1 is 1.25 bits per heavy atom. The number of aromatic carboxylic acids is 1. The second-order valence-corrected chi connectivity index (χ2v) is 6.09. The van der Waals surface area contributed by atoms with Crippen molar-refractivity contribution in [3.05, 3.63) is 59.7 Å². The second-order valence-electron chi connectivity index (χ2n) is 4.10. The van der Waals surface area contributed by atoms with Crippen molar-refractivity contribution in [2.75, 3.05) is 0 Å². The molecule has 0 saturated carbocycles. The third-order valence-corrected chi connectivity index (χ3v) is 4.24. The Bertz CT molecular complexity index is 758. The molecule has 2 aromatic rings. The predicted octanol–water partition coefficient (Wildman–Crippen LogP) is 1.89. The van der Waals surface area contributed by atoms with Crippen LogP contribution in [0.4, 0.5) is 4.39 Å². The van der Waals surface area contributed by atoms with Gasteiger partial charge in [0.1, 0.15) is 5.82 Å². The van der Waals surface area contributed by atoms with Crippen LogP contribution >= 0.6 is 0 Å². The van der Waals surface area contributed by atoms with Crippen molar-refractivity contribution in [2.45, 2.75) is 10.6 Å². The van der Waals surface area contributed by atoms with Crippen LogP contribution in [-0.4, -0.2) is 24.5 Å². The number of pyridine rings is 1. The van der Waals surface area contributed by atoms with Crippen LogP contribution in [0.1, 0.15) is 15.9 Å². The summed E-state index contributed by atoms with van der Waals surface area (Å²) in [6.45, 7) is 0. The molecule has 0 aliphatic carbocycles. The summed E-state index contributed by atoms with van der Waals surface area (Å²) in [5, 5.41) is 8.85. The van der Waals surface area contributed by atoms with Gasteiger partial charge in [-0.15, -0.1) is 0 Å². The molecule has 0 aliphatic heterocycles. The maximum Gasteiger partial charge on any atom is 0.335 e. The van der Waals surface area contributed by atoms with Crippen LogP contribution in [0, 0.1) is 5.82 Å². The molecule has 1 N–H and O–H groups in total. The number of benzene rings is 1. The second kappa shape index (κ2) is 5.38. The monoisotopic (exact) mass is 295 g/mol. The average molecular weight is 295 g/mol. The quantitative estimate of drug-likeness (QED) is 0.931. The molecule has 1 heterocycles. The first-order valence-corrected chi connectivity index (χ1v) is 7.19. The number of aromatic nitrogens is 1. The molecule has 0 bridgehead atoms. The van der Waals surface area contributed by atoms with Crippen molar-refractivity contribution in [3.8, 4) is 0 Å². The van der Waals surface area contributed by atoms with E-state index in [0.29, 0.717) is 0 Å². The van der Waals surface area contributed by atoms with Gasteiger partial charge < -0.3 is 5.11 Å². The number of hydrogen-bond donors (Lipinski definition) is 1. The minimum Gasteiger partial charge on any atom is -0.478 e. The Hall–Kier alpha value is -2.28. The van der Waals surface area contributed by atoms with Gasteiger partial charge in [0.15, 0.2) is 9.84 Å². The van der Waals surface area contributed by atoms with E-state index in [1.165, 1.54) is 24.4 Å². The van der Waals surface area contributed by atoms with E-state index >= 15 is 0 Å². The molecular formula is C13H10FNO4S. The number of carbonyl (C=O) groups is 1. The van der Waals surface area contributed by atoms with Crippen LogP contribution in [0.3, 0.4) is 0 Å². The first-order valence-electron chi connectivity index (χ1n) is 5.54. The lowest BCUT2D eigenvalue weighted by atomic mass is 10.2. The highest BCUT2D eigenvalue weighted by Gasteiger charge is 2.17. The van der Waals surface area contributed by atoms with Crippen LogP contribution in [-0.2, 0) is 15.6 Å². The summed E-state index contributed by atoms with van der Waals surface area (Å²) in [6, 6.07) is 6.09. The molecule has 1 aromatic carbocycles. The Labute approximate surface area is 114 Å². The van der Waals surface area contributed by atoms with Gasteiger partial charge in [-0.1, -0.05) is 6.07 Å². The third kappa shape index (κ3) is 3.18. The molecule has 2 rings (SSSR count). The van der Waals surface area contributed by atoms with Crippen molar-refractivity contribution in [1.29, 1.82) is 0 Å². The number of hydrogen-bond acceptors (Lipinski definition) is 4. The van der Waals surface area contributed by atoms with E-state index in [-0.39, 0.29) is 16.0 Å². The van der Waals surface area contributed by atoms with Crippen molar-refractivity contribution < 1.29 is 22.7 Å². The van der Waals surface area contributed by atoms with Crippen LogP contribution in [0.25, 0.3) is 0 Å². The summed E-state index contributed by atoms with van der Waals surface area (Å²) in [5.74, 6) is -2.28. The summed E-state index contributed by atoms with van der Waals surface area (Å²) in [6.07, 6.45) is 2.23. The molecule has 5 nitrogen and oxygen atoms in total. The minimum atomic E-state index is -3.76. The summed E-state index contributed by atoms with van der Waals surface area (Å²) in [7, 11) is -3.76. The molecule has 0 radical (unpaired) electrons. The molecule has 1 aromatic heterocycles. The van der Waals surface area contributed by atoms with Crippen molar-refractivity contribution in [1.82, 2.24) is 4.98 Å². The van der Waals surface area contributed by atoms with Gasteiger partial charge in [-0.2, -0.15) is 0 Å². The van der Waals surface area contributed by atoms with Gasteiger partial charge in [0.25, 0.3) is 0 Å². The maximum atomic E-state index is 13.0.